The molecule has 0 bridgehead atoms. The molecular formula is C36H32N4O2. The Balaban J connectivity index is 1.12. The molecule has 208 valence electrons. The highest BCUT2D eigenvalue weighted by Crippen LogP contribution is 2.51. The van der Waals surface area contributed by atoms with Gasteiger partial charge in [0.2, 0.25) is 5.90 Å². The molecule has 0 spiro atoms. The Morgan fingerprint density at radius 2 is 1.74 bits per heavy atom. The fraction of sp³-hybridized carbons (Fsp3) is 0.250. The average molecular weight is 553 g/mol. The Bertz CT molecular complexity index is 1760. The zero-order valence-corrected chi connectivity index (χ0v) is 23.9. The van der Waals surface area contributed by atoms with E-state index < -0.39 is 0 Å². The van der Waals surface area contributed by atoms with Gasteiger partial charge in [-0.3, -0.25) is 9.88 Å². The largest absolute Gasteiger partial charge is 0.471 e. The lowest BCUT2D eigenvalue weighted by molar-refractivity contribution is 0.206. The van der Waals surface area contributed by atoms with Gasteiger partial charge in [0.05, 0.1) is 17.4 Å². The van der Waals surface area contributed by atoms with E-state index in [1.54, 1.807) is 6.20 Å². The zero-order valence-electron chi connectivity index (χ0n) is 23.9. The number of para-hydroxylation sites is 1. The van der Waals surface area contributed by atoms with Crippen LogP contribution in [0.4, 0.5) is 17.2 Å². The molecule has 1 fully saturated rings. The fourth-order valence-corrected chi connectivity index (χ4v) is 7.08. The number of hydrogen-bond acceptors (Lipinski definition) is 6. The average Bonchev–Trinajstić information content (AvgIpc) is 3.56. The second-order valence-electron chi connectivity index (χ2n) is 12.2. The van der Waals surface area contributed by atoms with Crippen LogP contribution in [-0.4, -0.2) is 28.0 Å². The highest BCUT2D eigenvalue weighted by Gasteiger charge is 2.47. The smallest absolute Gasteiger partial charge is 0.236 e. The van der Waals surface area contributed by atoms with E-state index in [-0.39, 0.29) is 17.6 Å². The van der Waals surface area contributed by atoms with Crippen LogP contribution in [-0.2, 0) is 10.2 Å². The van der Waals surface area contributed by atoms with E-state index in [4.69, 9.17) is 19.5 Å². The topological polar surface area (TPSA) is 59.8 Å². The maximum atomic E-state index is 6.47. The lowest BCUT2D eigenvalue weighted by Crippen LogP contribution is -2.31. The third-order valence-electron chi connectivity index (χ3n) is 9.08. The molecule has 0 N–H and O–H groups in total. The van der Waals surface area contributed by atoms with Crippen LogP contribution in [0.2, 0.25) is 0 Å². The molecule has 0 radical (unpaired) electrons. The zero-order chi connectivity index (χ0) is 28.4. The van der Waals surface area contributed by atoms with E-state index in [1.165, 1.54) is 11.1 Å². The van der Waals surface area contributed by atoms with Crippen molar-refractivity contribution in [3.05, 3.63) is 126 Å². The molecule has 2 aliphatic heterocycles. The van der Waals surface area contributed by atoms with Crippen molar-refractivity contribution in [2.75, 3.05) is 4.90 Å². The first kappa shape index (κ1) is 25.0. The first-order chi connectivity index (χ1) is 20.5. The van der Waals surface area contributed by atoms with Crippen molar-refractivity contribution in [1.82, 2.24) is 9.97 Å². The van der Waals surface area contributed by atoms with Crippen molar-refractivity contribution in [3.63, 3.8) is 0 Å². The Labute approximate surface area is 246 Å². The van der Waals surface area contributed by atoms with Crippen LogP contribution in [0.1, 0.15) is 42.7 Å². The van der Waals surface area contributed by atoms with E-state index >= 15 is 0 Å². The molecule has 4 aromatic rings. The number of fused-ring (bicyclic) bond motifs is 5. The highest BCUT2D eigenvalue weighted by atomic mass is 16.5. The number of anilines is 3. The number of rotatable bonds is 4. The number of pyridine rings is 2. The summed E-state index contributed by atoms with van der Waals surface area (Å²) >= 11 is 0. The maximum Gasteiger partial charge on any atom is 0.236 e. The minimum atomic E-state index is -0.165. The van der Waals surface area contributed by atoms with E-state index in [0.717, 1.165) is 34.9 Å². The summed E-state index contributed by atoms with van der Waals surface area (Å²) < 4.78 is 12.8. The first-order valence-electron chi connectivity index (χ1n) is 14.7. The number of allylic oxidation sites excluding steroid dienone is 3. The fourth-order valence-electron chi connectivity index (χ4n) is 7.08. The van der Waals surface area contributed by atoms with Gasteiger partial charge in [0.1, 0.15) is 29.1 Å². The number of nitrogens with zero attached hydrogens (tertiary/aromatic N) is 4. The predicted molar refractivity (Wildman–Crippen MR) is 165 cm³/mol. The third-order valence-corrected chi connectivity index (χ3v) is 9.08. The van der Waals surface area contributed by atoms with Gasteiger partial charge in [0.15, 0.2) is 0 Å². The molecule has 8 rings (SSSR count). The summed E-state index contributed by atoms with van der Waals surface area (Å²) in [6.45, 7) is 6.63. The molecule has 42 heavy (non-hydrogen) atoms. The molecule has 0 saturated heterocycles. The normalized spacial score (nSPS) is 24.3. The number of aryl methyl sites for hydroxylation is 1. The molecule has 4 atom stereocenters. The second-order valence-corrected chi connectivity index (χ2v) is 12.2. The SMILES string of the molecule is Cc1cc(Oc2ccnc(C3=N[C@@H]4C5C=CC=CC5C[C@@H]4O3)c2)cc(N2c3ccccc3C(C)(C)c3cccnc32)c1. The quantitative estimate of drug-likeness (QED) is 0.257. The summed E-state index contributed by atoms with van der Waals surface area (Å²) in [7, 11) is 0. The molecule has 6 heteroatoms. The van der Waals surface area contributed by atoms with Crippen molar-refractivity contribution in [3.8, 4) is 11.5 Å². The van der Waals surface area contributed by atoms with E-state index in [1.807, 2.05) is 24.4 Å². The van der Waals surface area contributed by atoms with E-state index in [9.17, 15) is 0 Å². The lowest BCUT2D eigenvalue weighted by Gasteiger charge is -2.41. The Morgan fingerprint density at radius 3 is 2.67 bits per heavy atom. The molecule has 2 unspecified atom stereocenters. The summed E-state index contributed by atoms with van der Waals surface area (Å²) in [5, 5.41) is 0. The van der Waals surface area contributed by atoms with Gasteiger partial charge in [-0.15, -0.1) is 0 Å². The summed E-state index contributed by atoms with van der Waals surface area (Å²) in [6.07, 6.45) is 13.5. The minimum absolute atomic E-state index is 0.0991. The maximum absolute atomic E-state index is 6.47. The molecule has 6 nitrogen and oxygen atoms in total. The Morgan fingerprint density at radius 1 is 0.881 bits per heavy atom. The Hall–Kier alpha value is -4.71. The second kappa shape index (κ2) is 9.41. The molecule has 2 aliphatic carbocycles. The van der Waals surface area contributed by atoms with Gasteiger partial charge in [-0.25, -0.2) is 9.98 Å². The van der Waals surface area contributed by atoms with Crippen LogP contribution < -0.4 is 9.64 Å². The van der Waals surface area contributed by atoms with Crippen molar-refractivity contribution < 1.29 is 9.47 Å². The van der Waals surface area contributed by atoms with Crippen molar-refractivity contribution in [2.24, 2.45) is 16.8 Å². The van der Waals surface area contributed by atoms with E-state index in [0.29, 0.717) is 29.2 Å². The van der Waals surface area contributed by atoms with Gasteiger partial charge in [-0.1, -0.05) is 62.4 Å². The Kier molecular flexibility index (Phi) is 5.61. The number of aliphatic imine (C=N–C) groups is 1. The summed E-state index contributed by atoms with van der Waals surface area (Å²) in [5.41, 5.74) is 6.22. The van der Waals surface area contributed by atoms with Crippen molar-refractivity contribution in [1.29, 1.82) is 0 Å². The molecular weight excluding hydrogens is 520 g/mol. The van der Waals surface area contributed by atoms with Crippen molar-refractivity contribution >= 4 is 23.1 Å². The predicted octanol–water partition coefficient (Wildman–Crippen LogP) is 7.96. The summed E-state index contributed by atoms with van der Waals surface area (Å²) in [5.74, 6) is 3.89. The summed E-state index contributed by atoms with van der Waals surface area (Å²) in [6, 6.07) is 23.0. The third kappa shape index (κ3) is 3.97. The number of benzene rings is 2. The van der Waals surface area contributed by atoms with Gasteiger partial charge < -0.3 is 9.47 Å². The van der Waals surface area contributed by atoms with Crippen LogP contribution in [0.3, 0.4) is 0 Å². The lowest BCUT2D eigenvalue weighted by atomic mass is 9.74. The molecule has 4 aliphatic rings. The van der Waals surface area contributed by atoms with Crippen LogP contribution >= 0.6 is 0 Å². The van der Waals surface area contributed by atoms with Gasteiger partial charge in [0, 0.05) is 41.4 Å². The van der Waals surface area contributed by atoms with Gasteiger partial charge in [-0.05, 0) is 60.7 Å². The van der Waals surface area contributed by atoms with Gasteiger partial charge >= 0.3 is 0 Å². The van der Waals surface area contributed by atoms with E-state index in [2.05, 4.69) is 103 Å². The molecule has 2 aromatic heterocycles. The van der Waals surface area contributed by atoms with Gasteiger partial charge in [0.25, 0.3) is 0 Å². The van der Waals surface area contributed by atoms with Crippen LogP contribution in [0.25, 0.3) is 0 Å². The van der Waals surface area contributed by atoms with Crippen LogP contribution in [0.5, 0.6) is 11.5 Å². The standard InChI is InChI=1S/C36H32N4O2/c1-22-17-24(40-31-13-7-6-11-28(31)36(2,3)29-12-8-15-38-34(29)40)20-26(18-22)41-25-14-16-37-30(21-25)35-39-33-27-10-5-4-9-23(27)19-32(33)42-35/h4-18,20-21,23,27,32-33H,19H2,1-3H3/t23?,27?,32-,33+/m0/s1. The number of hydrogen-bond donors (Lipinski definition) is 0. The molecule has 2 aromatic carbocycles. The number of ether oxygens (including phenoxy) is 2. The first-order valence-corrected chi connectivity index (χ1v) is 14.7. The molecule has 0 amide bonds. The highest BCUT2D eigenvalue weighted by molar-refractivity contribution is 5.94. The van der Waals surface area contributed by atoms with Crippen LogP contribution in [0, 0.1) is 18.8 Å². The van der Waals surface area contributed by atoms with Crippen molar-refractivity contribution in [2.45, 2.75) is 44.8 Å². The summed E-state index contributed by atoms with van der Waals surface area (Å²) in [4.78, 5) is 16.7. The minimum Gasteiger partial charge on any atom is -0.471 e. The molecule has 1 saturated carbocycles. The monoisotopic (exact) mass is 552 g/mol. The molecule has 4 heterocycles. The number of aromatic nitrogens is 2. The van der Waals surface area contributed by atoms with Crippen LogP contribution in [0.15, 0.2) is 108 Å². The van der Waals surface area contributed by atoms with Gasteiger partial charge in [-0.2, -0.15) is 0 Å².